The van der Waals surface area contributed by atoms with Crippen LogP contribution in [0.5, 0.6) is 0 Å². The van der Waals surface area contributed by atoms with Gasteiger partial charge in [-0.05, 0) is 25.0 Å². The van der Waals surface area contributed by atoms with Crippen molar-refractivity contribution in [3.63, 3.8) is 0 Å². The van der Waals surface area contributed by atoms with Crippen LogP contribution < -0.4 is 11.1 Å². The van der Waals surface area contributed by atoms with E-state index in [0.717, 1.165) is 6.07 Å². The molecule has 0 aromatic heterocycles. The normalized spacial score (nSPS) is 11.9. The number of nitrogen functional groups attached to an aromatic ring is 1. The van der Waals surface area contributed by atoms with Gasteiger partial charge in [-0.15, -0.1) is 0 Å². The third-order valence-corrected chi connectivity index (χ3v) is 2.79. The molecule has 4 N–H and O–H groups in total. The number of carbonyl (C=O) groups is 1. The fourth-order valence-electron chi connectivity index (χ4n) is 1.65. The largest absolute Gasteiger partial charge is 0.396 e. The van der Waals surface area contributed by atoms with Crippen LogP contribution in [0.2, 0.25) is 0 Å². The fourth-order valence-corrected chi connectivity index (χ4v) is 1.65. The van der Waals surface area contributed by atoms with Crippen molar-refractivity contribution in [2.75, 3.05) is 12.3 Å². The molecule has 0 spiro atoms. The smallest absolute Gasteiger partial charge is 0.292 e. The number of amides is 1. The minimum absolute atomic E-state index is 0.0175. The van der Waals surface area contributed by atoms with Crippen molar-refractivity contribution in [3.05, 3.63) is 33.9 Å². The van der Waals surface area contributed by atoms with Crippen LogP contribution in [0.3, 0.4) is 0 Å². The lowest BCUT2D eigenvalue weighted by molar-refractivity contribution is -0.383. The fraction of sp³-hybridized carbons (Fsp3) is 0.417. The third kappa shape index (κ3) is 3.92. The van der Waals surface area contributed by atoms with Crippen LogP contribution in [-0.4, -0.2) is 28.6 Å². The molecule has 0 aliphatic rings. The average Bonchev–Trinajstić information content (AvgIpc) is 2.38. The summed E-state index contributed by atoms with van der Waals surface area (Å²) in [5.74, 6) is -0.414. The Bertz CT molecular complexity index is 476. The number of benzene rings is 1. The van der Waals surface area contributed by atoms with Gasteiger partial charge < -0.3 is 16.2 Å². The second-order valence-electron chi connectivity index (χ2n) is 4.12. The second-order valence-corrected chi connectivity index (χ2v) is 4.12. The molecule has 1 aromatic carbocycles. The van der Waals surface area contributed by atoms with Gasteiger partial charge in [-0.1, -0.05) is 6.92 Å². The van der Waals surface area contributed by atoms with E-state index in [0.29, 0.717) is 12.8 Å². The summed E-state index contributed by atoms with van der Waals surface area (Å²) in [7, 11) is 0. The topological polar surface area (TPSA) is 118 Å². The molecule has 1 unspecified atom stereocenters. The molecule has 0 saturated heterocycles. The monoisotopic (exact) mass is 267 g/mol. The van der Waals surface area contributed by atoms with Crippen LogP contribution in [0, 0.1) is 10.1 Å². The predicted molar refractivity (Wildman–Crippen MR) is 70.8 cm³/mol. The highest BCUT2D eigenvalue weighted by molar-refractivity contribution is 5.95. The van der Waals surface area contributed by atoms with Crippen molar-refractivity contribution in [1.82, 2.24) is 5.32 Å². The minimum atomic E-state index is -0.628. The number of rotatable bonds is 6. The number of nitrogens with two attached hydrogens (primary N) is 1. The summed E-state index contributed by atoms with van der Waals surface area (Å²) < 4.78 is 0. The number of nitro groups is 1. The van der Waals surface area contributed by atoms with Crippen LogP contribution >= 0.6 is 0 Å². The van der Waals surface area contributed by atoms with Crippen LogP contribution in [0.15, 0.2) is 18.2 Å². The molecule has 0 aliphatic heterocycles. The zero-order valence-corrected chi connectivity index (χ0v) is 10.6. The van der Waals surface area contributed by atoms with E-state index >= 15 is 0 Å². The molecule has 0 radical (unpaired) electrons. The lowest BCUT2D eigenvalue weighted by Crippen LogP contribution is -2.35. The van der Waals surface area contributed by atoms with Gasteiger partial charge in [-0.3, -0.25) is 14.9 Å². The standard InChI is InChI=1S/C12H17N3O4/c1-2-9(5-6-16)14-12(17)8-3-4-10(13)11(7-8)15(18)19/h3-4,7,9,16H,2,5-6,13H2,1H3,(H,14,17). The Labute approximate surface area is 110 Å². The van der Waals surface area contributed by atoms with E-state index in [1.54, 1.807) is 0 Å². The molecule has 1 atom stereocenters. The molecule has 0 saturated carbocycles. The van der Waals surface area contributed by atoms with E-state index in [2.05, 4.69) is 5.32 Å². The Hall–Kier alpha value is -2.15. The summed E-state index contributed by atoms with van der Waals surface area (Å²) in [4.78, 5) is 22.0. The molecule has 0 bridgehead atoms. The maximum absolute atomic E-state index is 11.9. The number of nitrogens with zero attached hydrogens (tertiary/aromatic N) is 1. The second kappa shape index (κ2) is 6.69. The average molecular weight is 267 g/mol. The highest BCUT2D eigenvalue weighted by atomic mass is 16.6. The summed E-state index contributed by atoms with van der Waals surface area (Å²) >= 11 is 0. The van der Waals surface area contributed by atoms with E-state index in [1.807, 2.05) is 6.92 Å². The molecule has 7 heteroatoms. The molecular formula is C12H17N3O4. The number of nitrogens with one attached hydrogen (secondary N) is 1. The van der Waals surface area contributed by atoms with Gasteiger partial charge in [0.05, 0.1) is 4.92 Å². The number of nitro benzene ring substituents is 1. The van der Waals surface area contributed by atoms with Crippen molar-refractivity contribution < 1.29 is 14.8 Å². The number of hydrogen-bond donors (Lipinski definition) is 3. The number of aliphatic hydroxyl groups excluding tert-OH is 1. The first-order valence-corrected chi connectivity index (χ1v) is 5.95. The zero-order valence-electron chi connectivity index (χ0n) is 10.6. The zero-order chi connectivity index (χ0) is 14.4. The van der Waals surface area contributed by atoms with Gasteiger partial charge in [-0.25, -0.2) is 0 Å². The lowest BCUT2D eigenvalue weighted by Gasteiger charge is -2.15. The Morgan fingerprint density at radius 1 is 1.58 bits per heavy atom. The molecule has 0 fully saturated rings. The highest BCUT2D eigenvalue weighted by Crippen LogP contribution is 2.22. The van der Waals surface area contributed by atoms with E-state index in [9.17, 15) is 14.9 Å². The van der Waals surface area contributed by atoms with E-state index in [1.165, 1.54) is 12.1 Å². The molecule has 0 aliphatic carbocycles. The quantitative estimate of drug-likeness (QED) is 0.404. The van der Waals surface area contributed by atoms with Gasteiger partial charge in [0.2, 0.25) is 0 Å². The summed E-state index contributed by atoms with van der Waals surface area (Å²) in [6.45, 7) is 1.85. The van der Waals surface area contributed by atoms with Gasteiger partial charge in [0.15, 0.2) is 0 Å². The Balaban J connectivity index is 2.88. The summed E-state index contributed by atoms with van der Waals surface area (Å²) in [5, 5.41) is 22.3. The van der Waals surface area contributed by atoms with Crippen molar-refractivity contribution in [3.8, 4) is 0 Å². The maximum atomic E-state index is 11.9. The molecule has 0 heterocycles. The van der Waals surface area contributed by atoms with Crippen LogP contribution in [0.1, 0.15) is 30.1 Å². The van der Waals surface area contributed by atoms with E-state index in [-0.39, 0.29) is 29.6 Å². The van der Waals surface area contributed by atoms with Crippen LogP contribution in [-0.2, 0) is 0 Å². The summed E-state index contributed by atoms with van der Waals surface area (Å²) in [5.41, 5.74) is 5.37. The van der Waals surface area contributed by atoms with Gasteiger partial charge in [0.1, 0.15) is 5.69 Å². The van der Waals surface area contributed by atoms with Gasteiger partial charge >= 0.3 is 0 Å². The van der Waals surface area contributed by atoms with Crippen molar-refractivity contribution in [2.24, 2.45) is 0 Å². The molecule has 1 aromatic rings. The predicted octanol–water partition coefficient (Wildman–Crippen LogP) is 1.07. The number of anilines is 1. The molecule has 1 rings (SSSR count). The Morgan fingerprint density at radius 3 is 2.79 bits per heavy atom. The van der Waals surface area contributed by atoms with Crippen molar-refractivity contribution in [1.29, 1.82) is 0 Å². The molecular weight excluding hydrogens is 250 g/mol. The van der Waals surface area contributed by atoms with Crippen LogP contribution in [0.4, 0.5) is 11.4 Å². The lowest BCUT2D eigenvalue weighted by atomic mass is 10.1. The van der Waals surface area contributed by atoms with E-state index in [4.69, 9.17) is 10.8 Å². The number of aliphatic hydroxyl groups is 1. The minimum Gasteiger partial charge on any atom is -0.396 e. The summed E-state index contributed by atoms with van der Waals surface area (Å²) in [6, 6.07) is 3.76. The first kappa shape index (κ1) is 14.9. The Morgan fingerprint density at radius 2 is 2.26 bits per heavy atom. The van der Waals surface area contributed by atoms with Gasteiger partial charge in [0, 0.05) is 24.3 Å². The highest BCUT2D eigenvalue weighted by Gasteiger charge is 2.17. The van der Waals surface area contributed by atoms with Gasteiger partial charge in [0.25, 0.3) is 11.6 Å². The Kier molecular flexibility index (Phi) is 5.25. The SMILES string of the molecule is CCC(CCO)NC(=O)c1ccc(N)c([N+](=O)[O-])c1. The molecule has 19 heavy (non-hydrogen) atoms. The first-order chi connectivity index (χ1) is 8.99. The van der Waals surface area contributed by atoms with Crippen LogP contribution in [0.25, 0.3) is 0 Å². The van der Waals surface area contributed by atoms with E-state index < -0.39 is 10.8 Å². The number of carbonyl (C=O) groups excluding carboxylic acids is 1. The van der Waals surface area contributed by atoms with Gasteiger partial charge in [-0.2, -0.15) is 0 Å². The van der Waals surface area contributed by atoms with Crippen molar-refractivity contribution in [2.45, 2.75) is 25.8 Å². The maximum Gasteiger partial charge on any atom is 0.292 e. The molecule has 1 amide bonds. The number of hydrogen-bond acceptors (Lipinski definition) is 5. The molecule has 7 nitrogen and oxygen atoms in total. The molecule has 104 valence electrons. The summed E-state index contributed by atoms with van der Waals surface area (Å²) in [6.07, 6.45) is 1.11. The third-order valence-electron chi connectivity index (χ3n) is 2.79. The van der Waals surface area contributed by atoms with Crippen molar-refractivity contribution >= 4 is 17.3 Å². The first-order valence-electron chi connectivity index (χ1n) is 5.95.